The van der Waals surface area contributed by atoms with Gasteiger partial charge in [0.25, 0.3) is 0 Å². The minimum Gasteiger partial charge on any atom is -0.381 e. The third kappa shape index (κ3) is 2.38. The van der Waals surface area contributed by atoms with Gasteiger partial charge in [-0.25, -0.2) is 0 Å². The molecule has 0 spiro atoms. The van der Waals surface area contributed by atoms with Crippen LogP contribution in [0.15, 0.2) is 12.1 Å². The highest BCUT2D eigenvalue weighted by Gasteiger charge is 2.19. The molecule has 3 nitrogen and oxygen atoms in total. The molecule has 0 radical (unpaired) electrons. The molecule has 1 aliphatic heterocycles. The third-order valence-corrected chi connectivity index (χ3v) is 3.92. The van der Waals surface area contributed by atoms with Crippen molar-refractivity contribution < 1.29 is 9.53 Å². The van der Waals surface area contributed by atoms with Crippen molar-refractivity contribution in [2.75, 3.05) is 25.2 Å². The molecular weight excluding hydrogens is 210 g/mol. The topological polar surface area (TPSA) is 29.5 Å². The van der Waals surface area contributed by atoms with E-state index in [0.717, 1.165) is 37.2 Å². The van der Waals surface area contributed by atoms with Gasteiger partial charge in [-0.15, -0.1) is 11.3 Å². The summed E-state index contributed by atoms with van der Waals surface area (Å²) < 4.78 is 5.33. The number of aldehydes is 1. The zero-order valence-corrected chi connectivity index (χ0v) is 9.63. The number of anilines is 1. The first-order chi connectivity index (χ1) is 7.31. The molecule has 2 rings (SSSR count). The summed E-state index contributed by atoms with van der Waals surface area (Å²) in [7, 11) is 2.09. The van der Waals surface area contributed by atoms with E-state index in [9.17, 15) is 4.79 Å². The minimum atomic E-state index is 0.553. The van der Waals surface area contributed by atoms with Crippen molar-refractivity contribution in [1.29, 1.82) is 0 Å². The van der Waals surface area contributed by atoms with Crippen LogP contribution in [-0.2, 0) is 4.74 Å². The highest BCUT2D eigenvalue weighted by Crippen LogP contribution is 2.28. The van der Waals surface area contributed by atoms with Crippen molar-refractivity contribution in [3.8, 4) is 0 Å². The molecule has 0 saturated carbocycles. The van der Waals surface area contributed by atoms with Crippen molar-refractivity contribution in [3.05, 3.63) is 17.0 Å². The van der Waals surface area contributed by atoms with Crippen molar-refractivity contribution in [1.82, 2.24) is 0 Å². The van der Waals surface area contributed by atoms with Crippen LogP contribution in [-0.4, -0.2) is 32.6 Å². The number of hydrogen-bond acceptors (Lipinski definition) is 4. The van der Waals surface area contributed by atoms with Gasteiger partial charge < -0.3 is 9.64 Å². The van der Waals surface area contributed by atoms with Gasteiger partial charge in [-0.3, -0.25) is 4.79 Å². The first kappa shape index (κ1) is 10.6. The molecule has 0 aliphatic carbocycles. The van der Waals surface area contributed by atoms with E-state index in [4.69, 9.17) is 4.74 Å². The number of hydrogen-bond donors (Lipinski definition) is 0. The number of nitrogens with zero attached hydrogens (tertiary/aromatic N) is 1. The lowest BCUT2D eigenvalue weighted by atomic mass is 10.1. The maximum atomic E-state index is 10.6. The van der Waals surface area contributed by atoms with E-state index in [0.29, 0.717) is 6.04 Å². The zero-order chi connectivity index (χ0) is 10.7. The average Bonchev–Trinajstić information content (AvgIpc) is 2.78. The molecule has 0 aromatic carbocycles. The quantitative estimate of drug-likeness (QED) is 0.738. The Bertz CT molecular complexity index is 331. The predicted octanol–water partition coefficient (Wildman–Crippen LogP) is 2.18. The van der Waals surface area contributed by atoms with E-state index < -0.39 is 0 Å². The van der Waals surface area contributed by atoms with Gasteiger partial charge in [-0.2, -0.15) is 0 Å². The highest BCUT2D eigenvalue weighted by atomic mass is 32.1. The van der Waals surface area contributed by atoms with E-state index in [2.05, 4.69) is 11.9 Å². The number of carbonyl (C=O) groups is 1. The molecule has 4 heteroatoms. The first-order valence-corrected chi connectivity index (χ1v) is 5.98. The maximum Gasteiger partial charge on any atom is 0.160 e. The number of rotatable bonds is 3. The molecule has 1 fully saturated rings. The zero-order valence-electron chi connectivity index (χ0n) is 8.81. The maximum absolute atomic E-state index is 10.6. The highest BCUT2D eigenvalue weighted by molar-refractivity contribution is 7.17. The molecule has 1 aromatic rings. The Morgan fingerprint density at radius 2 is 2.20 bits per heavy atom. The Morgan fingerprint density at radius 3 is 2.80 bits per heavy atom. The van der Waals surface area contributed by atoms with Gasteiger partial charge in [0, 0.05) is 26.3 Å². The van der Waals surface area contributed by atoms with Crippen LogP contribution in [0.5, 0.6) is 0 Å². The van der Waals surface area contributed by atoms with E-state index in [-0.39, 0.29) is 0 Å². The fourth-order valence-corrected chi connectivity index (χ4v) is 2.70. The molecule has 2 heterocycles. The Kier molecular flexibility index (Phi) is 3.38. The third-order valence-electron chi connectivity index (χ3n) is 2.81. The molecule has 82 valence electrons. The van der Waals surface area contributed by atoms with Gasteiger partial charge in [-0.1, -0.05) is 0 Å². The van der Waals surface area contributed by atoms with E-state index in [1.807, 2.05) is 12.1 Å². The van der Waals surface area contributed by atoms with Crippen LogP contribution >= 0.6 is 11.3 Å². The molecule has 0 unspecified atom stereocenters. The van der Waals surface area contributed by atoms with Crippen LogP contribution in [0.4, 0.5) is 5.00 Å². The number of ether oxygens (including phenoxy) is 1. The van der Waals surface area contributed by atoms with Gasteiger partial charge in [0.05, 0.1) is 9.88 Å². The van der Waals surface area contributed by atoms with Crippen LogP contribution in [0, 0.1) is 0 Å². The smallest absolute Gasteiger partial charge is 0.160 e. The van der Waals surface area contributed by atoms with Crippen molar-refractivity contribution >= 4 is 22.6 Å². The molecule has 0 bridgehead atoms. The van der Waals surface area contributed by atoms with Gasteiger partial charge in [0.2, 0.25) is 0 Å². The van der Waals surface area contributed by atoms with Crippen LogP contribution < -0.4 is 4.90 Å². The average molecular weight is 225 g/mol. The van der Waals surface area contributed by atoms with Gasteiger partial charge in [0.15, 0.2) is 6.29 Å². The number of carbonyl (C=O) groups excluding carboxylic acids is 1. The first-order valence-electron chi connectivity index (χ1n) is 5.17. The molecule has 15 heavy (non-hydrogen) atoms. The SMILES string of the molecule is CN(c1ccc(C=O)s1)C1CCOCC1. The lowest BCUT2D eigenvalue weighted by molar-refractivity contribution is 0.0856. The van der Waals surface area contributed by atoms with Crippen LogP contribution in [0.25, 0.3) is 0 Å². The van der Waals surface area contributed by atoms with Crippen LogP contribution in [0.2, 0.25) is 0 Å². The molecule has 0 atom stereocenters. The van der Waals surface area contributed by atoms with Crippen molar-refractivity contribution in [3.63, 3.8) is 0 Å². The fraction of sp³-hybridized carbons (Fsp3) is 0.545. The summed E-state index contributed by atoms with van der Waals surface area (Å²) in [5, 5.41) is 1.17. The second kappa shape index (κ2) is 4.77. The summed E-state index contributed by atoms with van der Waals surface area (Å²) in [6.45, 7) is 1.70. The summed E-state index contributed by atoms with van der Waals surface area (Å²) in [4.78, 5) is 13.6. The van der Waals surface area contributed by atoms with Crippen LogP contribution in [0.3, 0.4) is 0 Å². The molecule has 0 N–H and O–H groups in total. The lowest BCUT2D eigenvalue weighted by Gasteiger charge is -2.31. The molecular formula is C11H15NO2S. The Hall–Kier alpha value is -0.870. The van der Waals surface area contributed by atoms with Gasteiger partial charge in [0.1, 0.15) is 0 Å². The van der Waals surface area contributed by atoms with E-state index >= 15 is 0 Å². The molecule has 0 amide bonds. The molecule has 1 aliphatic rings. The summed E-state index contributed by atoms with van der Waals surface area (Å²) in [5.41, 5.74) is 0. The Balaban J connectivity index is 2.05. The Labute approximate surface area is 93.7 Å². The predicted molar refractivity (Wildman–Crippen MR) is 62.0 cm³/mol. The van der Waals surface area contributed by atoms with Gasteiger partial charge in [-0.05, 0) is 25.0 Å². The molecule has 1 aromatic heterocycles. The monoisotopic (exact) mass is 225 g/mol. The fourth-order valence-electron chi connectivity index (χ4n) is 1.85. The molecule has 1 saturated heterocycles. The van der Waals surface area contributed by atoms with Gasteiger partial charge >= 0.3 is 0 Å². The van der Waals surface area contributed by atoms with Crippen LogP contribution in [0.1, 0.15) is 22.5 Å². The van der Waals surface area contributed by atoms with E-state index in [1.54, 1.807) is 11.3 Å². The summed E-state index contributed by atoms with van der Waals surface area (Å²) in [5.74, 6) is 0. The summed E-state index contributed by atoms with van der Waals surface area (Å²) in [6, 6.07) is 4.45. The van der Waals surface area contributed by atoms with Crippen molar-refractivity contribution in [2.24, 2.45) is 0 Å². The second-order valence-electron chi connectivity index (χ2n) is 3.75. The number of thiophene rings is 1. The summed E-state index contributed by atoms with van der Waals surface area (Å²) >= 11 is 1.55. The van der Waals surface area contributed by atoms with E-state index in [1.165, 1.54) is 5.00 Å². The minimum absolute atomic E-state index is 0.553. The largest absolute Gasteiger partial charge is 0.381 e. The second-order valence-corrected chi connectivity index (χ2v) is 4.84. The lowest BCUT2D eigenvalue weighted by Crippen LogP contribution is -2.36. The van der Waals surface area contributed by atoms with Crippen molar-refractivity contribution in [2.45, 2.75) is 18.9 Å². The standard InChI is InChI=1S/C11H15NO2S/c1-12(9-4-6-14-7-5-9)11-3-2-10(8-13)15-11/h2-3,8-9H,4-7H2,1H3. The Morgan fingerprint density at radius 1 is 1.47 bits per heavy atom. The summed E-state index contributed by atoms with van der Waals surface area (Å²) in [6.07, 6.45) is 3.06. The normalized spacial score (nSPS) is 17.7.